The molecule has 1 aliphatic rings. The third-order valence-corrected chi connectivity index (χ3v) is 5.46. The first-order valence-corrected chi connectivity index (χ1v) is 7.66. The lowest BCUT2D eigenvalue weighted by Crippen LogP contribution is -2.32. The Labute approximate surface area is 122 Å². The summed E-state index contributed by atoms with van der Waals surface area (Å²) in [6.45, 7) is 2.72. The van der Waals surface area contributed by atoms with Gasteiger partial charge >= 0.3 is 0 Å². The molecule has 0 spiro atoms. The Morgan fingerprint density at radius 1 is 1.44 bits per heavy atom. The van der Waals surface area contributed by atoms with Crippen LogP contribution in [0.1, 0.15) is 12.0 Å². The minimum absolute atomic E-state index is 0. The molecule has 1 aliphatic heterocycles. The van der Waals surface area contributed by atoms with Crippen LogP contribution in [0, 0.1) is 6.92 Å². The van der Waals surface area contributed by atoms with Crippen LogP contribution < -0.4 is 5.73 Å². The van der Waals surface area contributed by atoms with Gasteiger partial charge in [0.2, 0.25) is 10.0 Å². The summed E-state index contributed by atoms with van der Waals surface area (Å²) in [5, 5.41) is 0. The SMILES string of the molecule is Cc1ccc(Br)cc1S(=O)(=O)N1CCC(N)C1.Cl. The molecule has 7 heteroatoms. The molecule has 0 aromatic heterocycles. The normalized spacial score (nSPS) is 20.7. The fraction of sp³-hybridized carbons (Fsp3) is 0.455. The van der Waals surface area contributed by atoms with Crippen LogP contribution in [0.25, 0.3) is 0 Å². The number of aryl methyl sites for hydroxylation is 1. The van der Waals surface area contributed by atoms with E-state index in [4.69, 9.17) is 5.73 Å². The van der Waals surface area contributed by atoms with Gasteiger partial charge in [-0.3, -0.25) is 0 Å². The molecule has 1 heterocycles. The number of hydrogen-bond donors (Lipinski definition) is 1. The Morgan fingerprint density at radius 2 is 2.11 bits per heavy atom. The van der Waals surface area contributed by atoms with E-state index in [0.717, 1.165) is 16.5 Å². The van der Waals surface area contributed by atoms with Crippen molar-refractivity contribution in [1.29, 1.82) is 0 Å². The van der Waals surface area contributed by atoms with Crippen molar-refractivity contribution < 1.29 is 8.42 Å². The highest BCUT2D eigenvalue weighted by Crippen LogP contribution is 2.25. The van der Waals surface area contributed by atoms with Gasteiger partial charge in [0.25, 0.3) is 0 Å². The molecule has 102 valence electrons. The van der Waals surface area contributed by atoms with Crippen molar-refractivity contribution in [2.45, 2.75) is 24.3 Å². The molecule has 1 atom stereocenters. The third kappa shape index (κ3) is 3.05. The van der Waals surface area contributed by atoms with Crippen molar-refractivity contribution in [3.8, 4) is 0 Å². The molecule has 2 N–H and O–H groups in total. The summed E-state index contributed by atoms with van der Waals surface area (Å²) in [7, 11) is -3.40. The number of rotatable bonds is 2. The zero-order chi connectivity index (χ0) is 12.6. The summed E-state index contributed by atoms with van der Waals surface area (Å²) >= 11 is 3.30. The quantitative estimate of drug-likeness (QED) is 0.881. The smallest absolute Gasteiger partial charge is 0.243 e. The Hall–Kier alpha value is -0.140. The molecular formula is C11H16BrClN2O2S. The molecule has 0 bridgehead atoms. The molecular weight excluding hydrogens is 340 g/mol. The molecule has 0 amide bonds. The molecule has 1 aromatic rings. The average molecular weight is 356 g/mol. The average Bonchev–Trinajstić information content (AvgIpc) is 2.69. The van der Waals surface area contributed by atoms with Gasteiger partial charge in [-0.2, -0.15) is 4.31 Å². The van der Waals surface area contributed by atoms with Crippen LogP contribution in [0.2, 0.25) is 0 Å². The van der Waals surface area contributed by atoms with Crippen molar-refractivity contribution >= 4 is 38.4 Å². The van der Waals surface area contributed by atoms with Gasteiger partial charge in [0.15, 0.2) is 0 Å². The van der Waals surface area contributed by atoms with Crippen LogP contribution in [-0.4, -0.2) is 31.9 Å². The van der Waals surface area contributed by atoms with Gasteiger partial charge in [0, 0.05) is 23.6 Å². The Balaban J connectivity index is 0.00000162. The van der Waals surface area contributed by atoms with Crippen LogP contribution in [0.3, 0.4) is 0 Å². The number of nitrogens with two attached hydrogens (primary N) is 1. The van der Waals surface area contributed by atoms with Crippen LogP contribution in [-0.2, 0) is 10.0 Å². The maximum absolute atomic E-state index is 12.4. The Kier molecular flexibility index (Phi) is 5.20. The van der Waals surface area contributed by atoms with Gasteiger partial charge in [-0.05, 0) is 31.0 Å². The summed E-state index contributed by atoms with van der Waals surface area (Å²) in [5.74, 6) is 0. The predicted octanol–water partition coefficient (Wildman–Crippen LogP) is 1.90. The van der Waals surface area contributed by atoms with Gasteiger partial charge in [-0.25, -0.2) is 8.42 Å². The summed E-state index contributed by atoms with van der Waals surface area (Å²) in [6, 6.07) is 5.24. The second kappa shape index (κ2) is 5.88. The summed E-state index contributed by atoms with van der Waals surface area (Å²) in [6.07, 6.45) is 0.728. The molecule has 0 radical (unpaired) electrons. The fourth-order valence-corrected chi connectivity index (χ4v) is 4.24. The Morgan fingerprint density at radius 3 is 2.67 bits per heavy atom. The standard InChI is InChI=1S/C11H15BrN2O2S.ClH/c1-8-2-3-9(12)6-11(8)17(15,16)14-5-4-10(13)7-14;/h2-3,6,10H,4-5,7,13H2,1H3;1H. The monoisotopic (exact) mass is 354 g/mol. The van der Waals surface area contributed by atoms with E-state index >= 15 is 0 Å². The number of nitrogens with zero attached hydrogens (tertiary/aromatic N) is 1. The highest BCUT2D eigenvalue weighted by molar-refractivity contribution is 9.10. The molecule has 0 aliphatic carbocycles. The molecule has 18 heavy (non-hydrogen) atoms. The third-order valence-electron chi connectivity index (χ3n) is 2.96. The minimum atomic E-state index is -3.40. The van der Waals surface area contributed by atoms with Crippen molar-refractivity contribution in [3.63, 3.8) is 0 Å². The van der Waals surface area contributed by atoms with Crippen molar-refractivity contribution in [2.24, 2.45) is 5.73 Å². The lowest BCUT2D eigenvalue weighted by Gasteiger charge is -2.17. The molecule has 4 nitrogen and oxygen atoms in total. The lowest BCUT2D eigenvalue weighted by molar-refractivity contribution is 0.472. The van der Waals surface area contributed by atoms with Crippen LogP contribution in [0.4, 0.5) is 0 Å². The summed E-state index contributed by atoms with van der Waals surface area (Å²) < 4.78 is 27.0. The summed E-state index contributed by atoms with van der Waals surface area (Å²) in [5.41, 5.74) is 6.51. The first-order valence-electron chi connectivity index (χ1n) is 5.43. The van der Waals surface area contributed by atoms with Crippen molar-refractivity contribution in [2.75, 3.05) is 13.1 Å². The predicted molar refractivity (Wildman–Crippen MR) is 77.5 cm³/mol. The van der Waals surface area contributed by atoms with E-state index in [1.807, 2.05) is 6.07 Å². The lowest BCUT2D eigenvalue weighted by atomic mass is 10.2. The second-order valence-electron chi connectivity index (χ2n) is 4.32. The number of benzene rings is 1. The van der Waals surface area contributed by atoms with E-state index in [-0.39, 0.29) is 18.4 Å². The van der Waals surface area contributed by atoms with E-state index < -0.39 is 10.0 Å². The van der Waals surface area contributed by atoms with Gasteiger partial charge in [-0.1, -0.05) is 22.0 Å². The summed E-state index contributed by atoms with van der Waals surface area (Å²) in [4.78, 5) is 0.362. The molecule has 2 rings (SSSR count). The molecule has 1 aromatic carbocycles. The largest absolute Gasteiger partial charge is 0.326 e. The van der Waals surface area contributed by atoms with E-state index in [1.165, 1.54) is 4.31 Å². The Bertz CT molecular complexity index is 536. The van der Waals surface area contributed by atoms with E-state index in [0.29, 0.717) is 18.0 Å². The molecule has 0 saturated carbocycles. The van der Waals surface area contributed by atoms with Crippen molar-refractivity contribution in [3.05, 3.63) is 28.2 Å². The van der Waals surface area contributed by atoms with Gasteiger partial charge in [0.05, 0.1) is 4.90 Å². The highest BCUT2D eigenvalue weighted by atomic mass is 79.9. The number of sulfonamides is 1. The van der Waals surface area contributed by atoms with Crippen LogP contribution in [0.15, 0.2) is 27.6 Å². The second-order valence-corrected chi connectivity index (χ2v) is 7.14. The fourth-order valence-electron chi connectivity index (χ4n) is 1.96. The molecule has 1 unspecified atom stereocenters. The van der Waals surface area contributed by atoms with E-state index in [2.05, 4.69) is 15.9 Å². The zero-order valence-corrected chi connectivity index (χ0v) is 13.2. The molecule has 1 fully saturated rings. The minimum Gasteiger partial charge on any atom is -0.326 e. The van der Waals surface area contributed by atoms with E-state index in [9.17, 15) is 8.42 Å². The zero-order valence-electron chi connectivity index (χ0n) is 9.97. The maximum atomic E-state index is 12.4. The topological polar surface area (TPSA) is 63.4 Å². The van der Waals surface area contributed by atoms with Gasteiger partial charge in [-0.15, -0.1) is 12.4 Å². The molecule has 1 saturated heterocycles. The maximum Gasteiger partial charge on any atom is 0.243 e. The highest BCUT2D eigenvalue weighted by Gasteiger charge is 2.31. The van der Waals surface area contributed by atoms with Crippen LogP contribution >= 0.6 is 28.3 Å². The van der Waals surface area contributed by atoms with Crippen molar-refractivity contribution in [1.82, 2.24) is 4.31 Å². The first kappa shape index (κ1) is 15.9. The number of hydrogen-bond acceptors (Lipinski definition) is 3. The van der Waals surface area contributed by atoms with Gasteiger partial charge in [0.1, 0.15) is 0 Å². The van der Waals surface area contributed by atoms with E-state index in [1.54, 1.807) is 19.1 Å². The van der Waals surface area contributed by atoms with Gasteiger partial charge < -0.3 is 5.73 Å². The number of halogens is 2. The van der Waals surface area contributed by atoms with Crippen LogP contribution in [0.5, 0.6) is 0 Å². The first-order chi connectivity index (χ1) is 7.91.